The highest BCUT2D eigenvalue weighted by Crippen LogP contribution is 2.35. The molecule has 0 fully saturated rings. The Bertz CT molecular complexity index is 520. The molecule has 0 unspecified atom stereocenters. The van der Waals surface area contributed by atoms with Crippen molar-refractivity contribution < 1.29 is 19.0 Å². The Morgan fingerprint density at radius 2 is 2.10 bits per heavy atom. The molecule has 21 heavy (non-hydrogen) atoms. The first-order valence-corrected chi connectivity index (χ1v) is 7.24. The van der Waals surface area contributed by atoms with Crippen molar-refractivity contribution >= 4 is 6.29 Å². The number of ether oxygens (including phenoxy) is 3. The predicted molar refractivity (Wildman–Crippen MR) is 81.1 cm³/mol. The average molecular weight is 290 g/mol. The highest BCUT2D eigenvalue weighted by molar-refractivity contribution is 5.81. The molecule has 0 spiro atoms. The van der Waals surface area contributed by atoms with Crippen molar-refractivity contribution in [1.82, 2.24) is 0 Å². The molecule has 0 radical (unpaired) electrons. The van der Waals surface area contributed by atoms with Gasteiger partial charge in [0.25, 0.3) is 0 Å². The smallest absolute Gasteiger partial charge is 0.188 e. The Kier molecular flexibility index (Phi) is 5.81. The van der Waals surface area contributed by atoms with Gasteiger partial charge in [0.1, 0.15) is 11.5 Å². The molecule has 0 saturated heterocycles. The van der Waals surface area contributed by atoms with E-state index in [0.717, 1.165) is 36.9 Å². The van der Waals surface area contributed by atoms with Crippen LogP contribution in [0.3, 0.4) is 0 Å². The molecule has 0 aromatic heterocycles. The predicted octanol–water partition coefficient (Wildman–Crippen LogP) is 3.53. The van der Waals surface area contributed by atoms with Gasteiger partial charge in [-0.05, 0) is 37.8 Å². The van der Waals surface area contributed by atoms with Crippen LogP contribution >= 0.6 is 0 Å². The summed E-state index contributed by atoms with van der Waals surface area (Å²) in [7, 11) is 3.19. The second-order valence-corrected chi connectivity index (χ2v) is 5.12. The SMILES string of the molecule is COCOc1c(C=O)ccc(OC)c1CC1=CCCCC1. The van der Waals surface area contributed by atoms with E-state index in [1.807, 2.05) is 6.07 Å². The van der Waals surface area contributed by atoms with Gasteiger partial charge in [0.15, 0.2) is 13.1 Å². The lowest BCUT2D eigenvalue weighted by atomic mass is 9.92. The summed E-state index contributed by atoms with van der Waals surface area (Å²) in [5, 5.41) is 0. The average Bonchev–Trinajstić information content (AvgIpc) is 2.54. The summed E-state index contributed by atoms with van der Waals surface area (Å²) in [6, 6.07) is 3.54. The number of rotatable bonds is 7. The lowest BCUT2D eigenvalue weighted by Crippen LogP contribution is -2.07. The maximum absolute atomic E-state index is 11.3. The van der Waals surface area contributed by atoms with Crippen molar-refractivity contribution in [2.75, 3.05) is 21.0 Å². The standard InChI is InChI=1S/C17H22O4/c1-19-12-21-17-14(11-18)8-9-16(20-2)15(17)10-13-6-4-3-5-7-13/h6,8-9,11H,3-5,7,10,12H2,1-2H3. The second-order valence-electron chi connectivity index (χ2n) is 5.12. The van der Waals surface area contributed by atoms with E-state index in [9.17, 15) is 4.79 Å². The minimum absolute atomic E-state index is 0.111. The molecule has 4 nitrogen and oxygen atoms in total. The van der Waals surface area contributed by atoms with Gasteiger partial charge in [0, 0.05) is 19.1 Å². The summed E-state index contributed by atoms with van der Waals surface area (Å²) < 4.78 is 16.0. The van der Waals surface area contributed by atoms with Crippen molar-refractivity contribution in [3.63, 3.8) is 0 Å². The summed E-state index contributed by atoms with van der Waals surface area (Å²) in [4.78, 5) is 11.3. The van der Waals surface area contributed by atoms with Crippen LogP contribution in [0.2, 0.25) is 0 Å². The fourth-order valence-electron chi connectivity index (χ4n) is 2.66. The van der Waals surface area contributed by atoms with Gasteiger partial charge in [-0.15, -0.1) is 0 Å². The fourth-order valence-corrected chi connectivity index (χ4v) is 2.66. The third kappa shape index (κ3) is 3.85. The first kappa shape index (κ1) is 15.6. The third-order valence-electron chi connectivity index (χ3n) is 3.70. The van der Waals surface area contributed by atoms with Gasteiger partial charge >= 0.3 is 0 Å². The largest absolute Gasteiger partial charge is 0.496 e. The number of allylic oxidation sites excluding steroid dienone is 2. The zero-order valence-corrected chi connectivity index (χ0v) is 12.7. The van der Waals surface area contributed by atoms with E-state index in [4.69, 9.17) is 14.2 Å². The number of methoxy groups -OCH3 is 2. The zero-order valence-electron chi connectivity index (χ0n) is 12.7. The van der Waals surface area contributed by atoms with Gasteiger partial charge < -0.3 is 14.2 Å². The Hall–Kier alpha value is -1.81. The molecule has 0 saturated carbocycles. The van der Waals surface area contributed by atoms with Gasteiger partial charge in [0.05, 0.1) is 12.7 Å². The molecular formula is C17H22O4. The lowest BCUT2D eigenvalue weighted by Gasteiger charge is -2.19. The molecule has 0 atom stereocenters. The zero-order chi connectivity index (χ0) is 15.1. The maximum Gasteiger partial charge on any atom is 0.188 e. The van der Waals surface area contributed by atoms with Gasteiger partial charge in [-0.3, -0.25) is 4.79 Å². The van der Waals surface area contributed by atoms with Crippen LogP contribution in [0.5, 0.6) is 11.5 Å². The highest BCUT2D eigenvalue weighted by atomic mass is 16.7. The number of hydrogen-bond acceptors (Lipinski definition) is 4. The van der Waals surface area contributed by atoms with Crippen LogP contribution < -0.4 is 9.47 Å². The molecule has 1 aliphatic carbocycles. The molecule has 1 aliphatic rings. The lowest BCUT2D eigenvalue weighted by molar-refractivity contribution is 0.0497. The van der Waals surface area contributed by atoms with Gasteiger partial charge in [-0.1, -0.05) is 11.6 Å². The number of benzene rings is 1. The monoisotopic (exact) mass is 290 g/mol. The van der Waals surface area contributed by atoms with E-state index in [0.29, 0.717) is 11.3 Å². The maximum atomic E-state index is 11.3. The van der Waals surface area contributed by atoms with Crippen LogP contribution in [0.25, 0.3) is 0 Å². The summed E-state index contributed by atoms with van der Waals surface area (Å²) in [5.74, 6) is 1.32. The van der Waals surface area contributed by atoms with Crippen LogP contribution in [-0.4, -0.2) is 27.3 Å². The van der Waals surface area contributed by atoms with E-state index in [1.54, 1.807) is 20.3 Å². The van der Waals surface area contributed by atoms with E-state index < -0.39 is 0 Å². The molecule has 2 rings (SSSR count). The van der Waals surface area contributed by atoms with Crippen molar-refractivity contribution in [3.8, 4) is 11.5 Å². The van der Waals surface area contributed by atoms with Crippen LogP contribution in [-0.2, 0) is 11.2 Å². The normalized spacial score (nSPS) is 14.5. The molecule has 1 aromatic carbocycles. The van der Waals surface area contributed by atoms with Gasteiger partial charge in [-0.25, -0.2) is 0 Å². The van der Waals surface area contributed by atoms with Crippen molar-refractivity contribution in [1.29, 1.82) is 0 Å². The topological polar surface area (TPSA) is 44.8 Å². The highest BCUT2D eigenvalue weighted by Gasteiger charge is 2.17. The van der Waals surface area contributed by atoms with E-state index in [-0.39, 0.29) is 6.79 Å². The third-order valence-corrected chi connectivity index (χ3v) is 3.70. The molecule has 0 heterocycles. The van der Waals surface area contributed by atoms with Crippen LogP contribution in [0.15, 0.2) is 23.8 Å². The van der Waals surface area contributed by atoms with Crippen LogP contribution in [0, 0.1) is 0 Å². The Balaban J connectivity index is 2.37. The number of aldehydes is 1. The summed E-state index contributed by atoms with van der Waals surface area (Å²) >= 11 is 0. The summed E-state index contributed by atoms with van der Waals surface area (Å²) in [5.41, 5.74) is 2.83. The second kappa shape index (κ2) is 7.84. The van der Waals surface area contributed by atoms with E-state index in [1.165, 1.54) is 18.4 Å². The summed E-state index contributed by atoms with van der Waals surface area (Å²) in [6.07, 6.45) is 8.54. The molecule has 114 valence electrons. The first-order valence-electron chi connectivity index (χ1n) is 7.24. The van der Waals surface area contributed by atoms with Crippen LogP contribution in [0.1, 0.15) is 41.6 Å². The number of hydrogen-bond donors (Lipinski definition) is 0. The van der Waals surface area contributed by atoms with E-state index >= 15 is 0 Å². The molecule has 4 heteroatoms. The number of carbonyl (C=O) groups excluding carboxylic acids is 1. The Morgan fingerprint density at radius 3 is 2.71 bits per heavy atom. The van der Waals surface area contributed by atoms with E-state index in [2.05, 4.69) is 6.08 Å². The molecule has 0 aliphatic heterocycles. The van der Waals surface area contributed by atoms with Crippen molar-refractivity contribution in [2.45, 2.75) is 32.1 Å². The first-order chi connectivity index (χ1) is 10.3. The van der Waals surface area contributed by atoms with Gasteiger partial charge in [-0.2, -0.15) is 0 Å². The minimum Gasteiger partial charge on any atom is -0.496 e. The molecular weight excluding hydrogens is 268 g/mol. The summed E-state index contributed by atoms with van der Waals surface area (Å²) in [6.45, 7) is 0.111. The van der Waals surface area contributed by atoms with Crippen LogP contribution in [0.4, 0.5) is 0 Å². The Morgan fingerprint density at radius 1 is 1.24 bits per heavy atom. The quantitative estimate of drug-likeness (QED) is 0.438. The molecule has 1 aromatic rings. The van der Waals surface area contributed by atoms with Crippen molar-refractivity contribution in [2.24, 2.45) is 0 Å². The number of carbonyl (C=O) groups is 1. The minimum atomic E-state index is 0.111. The van der Waals surface area contributed by atoms with Crippen molar-refractivity contribution in [3.05, 3.63) is 34.9 Å². The Labute approximate surface area is 125 Å². The molecule has 0 bridgehead atoms. The van der Waals surface area contributed by atoms with Gasteiger partial charge in [0.2, 0.25) is 0 Å². The fraction of sp³-hybridized carbons (Fsp3) is 0.471. The molecule has 0 amide bonds. The molecule has 0 N–H and O–H groups in total.